The summed E-state index contributed by atoms with van der Waals surface area (Å²) in [7, 11) is 1.27. The van der Waals surface area contributed by atoms with E-state index in [4.69, 9.17) is 16.3 Å². The summed E-state index contributed by atoms with van der Waals surface area (Å²) in [5.74, 6) is -0.935. The first-order chi connectivity index (χ1) is 11.9. The number of ether oxygens (including phenoxy) is 2. The van der Waals surface area contributed by atoms with Gasteiger partial charge in [-0.1, -0.05) is 17.7 Å². The van der Waals surface area contributed by atoms with E-state index in [1.807, 2.05) is 0 Å². The van der Waals surface area contributed by atoms with Crippen LogP contribution in [-0.2, 0) is 9.53 Å². The van der Waals surface area contributed by atoms with Crippen molar-refractivity contribution in [3.05, 3.63) is 74.8 Å². The molecule has 0 atom stereocenters. The minimum Gasteiger partial charge on any atom is -0.465 e. The zero-order valence-electron chi connectivity index (χ0n) is 13.0. The molecule has 7 nitrogen and oxygen atoms in total. The lowest BCUT2D eigenvalue weighted by Gasteiger charge is -2.03. The maximum absolute atomic E-state index is 11.8. The number of nitrogens with zero attached hydrogens (tertiary/aromatic N) is 1. The summed E-state index contributed by atoms with van der Waals surface area (Å²) in [6.45, 7) is 0. The molecule has 2 aromatic rings. The van der Waals surface area contributed by atoms with Crippen LogP contribution >= 0.6 is 11.6 Å². The number of halogens is 1. The standard InChI is InChI=1S/C17H12ClNO6/c1-24-17(21)12-4-6-13(7-5-12)25-16(20)9-3-11-2-8-14(18)15(10-11)19(22)23/h2-10H,1H3/b9-3+. The monoisotopic (exact) mass is 361 g/mol. The molecule has 0 aliphatic rings. The number of benzene rings is 2. The van der Waals surface area contributed by atoms with Crippen LogP contribution in [0.15, 0.2) is 48.5 Å². The number of carbonyl (C=O) groups excluding carboxylic acids is 2. The average molecular weight is 362 g/mol. The predicted molar refractivity (Wildman–Crippen MR) is 90.6 cm³/mol. The van der Waals surface area contributed by atoms with Crippen molar-refractivity contribution < 1.29 is 24.0 Å². The lowest BCUT2D eigenvalue weighted by molar-refractivity contribution is -0.384. The van der Waals surface area contributed by atoms with E-state index in [1.54, 1.807) is 0 Å². The lowest BCUT2D eigenvalue weighted by atomic mass is 10.2. The van der Waals surface area contributed by atoms with Crippen molar-refractivity contribution >= 4 is 35.3 Å². The van der Waals surface area contributed by atoms with Gasteiger partial charge >= 0.3 is 11.9 Å². The molecule has 0 amide bonds. The minimum atomic E-state index is -0.677. The van der Waals surface area contributed by atoms with Crippen molar-refractivity contribution in [3.8, 4) is 5.75 Å². The fourth-order valence-electron chi connectivity index (χ4n) is 1.86. The SMILES string of the molecule is COC(=O)c1ccc(OC(=O)/C=C/c2ccc(Cl)c([N+](=O)[O-])c2)cc1. The first kappa shape index (κ1) is 18.2. The van der Waals surface area contributed by atoms with Crippen molar-refractivity contribution in [1.82, 2.24) is 0 Å². The van der Waals surface area contributed by atoms with Gasteiger partial charge in [0.15, 0.2) is 0 Å². The minimum absolute atomic E-state index is 0.00965. The van der Waals surface area contributed by atoms with Crippen molar-refractivity contribution in [3.63, 3.8) is 0 Å². The maximum atomic E-state index is 11.8. The van der Waals surface area contributed by atoms with Gasteiger partial charge in [-0.05, 0) is 42.0 Å². The van der Waals surface area contributed by atoms with Gasteiger partial charge in [0.05, 0.1) is 17.6 Å². The Bertz CT molecular complexity index is 845. The Kier molecular flexibility index (Phi) is 5.86. The Hall–Kier alpha value is -3.19. The molecule has 8 heteroatoms. The molecular formula is C17H12ClNO6. The molecule has 0 spiro atoms. The second kappa shape index (κ2) is 8.07. The number of hydrogen-bond acceptors (Lipinski definition) is 6. The molecule has 25 heavy (non-hydrogen) atoms. The summed E-state index contributed by atoms with van der Waals surface area (Å²) in [4.78, 5) is 33.3. The zero-order valence-corrected chi connectivity index (χ0v) is 13.7. The van der Waals surface area contributed by atoms with Gasteiger partial charge in [-0.25, -0.2) is 9.59 Å². The van der Waals surface area contributed by atoms with Crippen molar-refractivity contribution in [1.29, 1.82) is 0 Å². The van der Waals surface area contributed by atoms with Crippen LogP contribution in [0.3, 0.4) is 0 Å². The Morgan fingerprint density at radius 1 is 1.16 bits per heavy atom. The quantitative estimate of drug-likeness (QED) is 0.265. The number of hydrogen-bond donors (Lipinski definition) is 0. The van der Waals surface area contributed by atoms with E-state index in [1.165, 1.54) is 55.7 Å². The van der Waals surface area contributed by atoms with Crippen LogP contribution in [0.25, 0.3) is 6.08 Å². The van der Waals surface area contributed by atoms with Crippen molar-refractivity contribution in [2.45, 2.75) is 0 Å². The molecule has 128 valence electrons. The van der Waals surface area contributed by atoms with Crippen LogP contribution in [0.4, 0.5) is 5.69 Å². The first-order valence-electron chi connectivity index (χ1n) is 6.93. The van der Waals surface area contributed by atoms with Crippen LogP contribution in [0.5, 0.6) is 5.75 Å². The Morgan fingerprint density at radius 3 is 2.44 bits per heavy atom. The third-order valence-electron chi connectivity index (χ3n) is 3.07. The van der Waals surface area contributed by atoms with E-state index in [9.17, 15) is 19.7 Å². The lowest BCUT2D eigenvalue weighted by Crippen LogP contribution is -2.05. The highest BCUT2D eigenvalue weighted by atomic mass is 35.5. The topological polar surface area (TPSA) is 95.7 Å². The molecule has 0 saturated carbocycles. The summed E-state index contributed by atoms with van der Waals surface area (Å²) in [5.41, 5.74) is 0.496. The Balaban J connectivity index is 2.05. The largest absolute Gasteiger partial charge is 0.465 e. The molecule has 0 saturated heterocycles. The summed E-state index contributed by atoms with van der Waals surface area (Å²) in [5, 5.41) is 10.8. The second-order valence-corrected chi connectivity index (χ2v) is 5.15. The summed E-state index contributed by atoms with van der Waals surface area (Å²) < 4.78 is 9.63. The molecule has 0 heterocycles. The van der Waals surface area contributed by atoms with Crippen molar-refractivity contribution in [2.75, 3.05) is 7.11 Å². The van der Waals surface area contributed by atoms with Crippen LogP contribution < -0.4 is 4.74 Å². The molecule has 0 bridgehead atoms. The molecule has 2 aromatic carbocycles. The van der Waals surface area contributed by atoms with E-state index >= 15 is 0 Å². The van der Waals surface area contributed by atoms with E-state index in [2.05, 4.69) is 4.74 Å². The number of rotatable bonds is 5. The molecule has 0 fully saturated rings. The van der Waals surface area contributed by atoms with E-state index < -0.39 is 16.9 Å². The molecule has 0 radical (unpaired) electrons. The second-order valence-electron chi connectivity index (χ2n) is 4.74. The predicted octanol–water partition coefficient (Wildman–Crippen LogP) is 3.65. The highest BCUT2D eigenvalue weighted by molar-refractivity contribution is 6.32. The van der Waals surface area contributed by atoms with Gasteiger partial charge in [0.1, 0.15) is 10.8 Å². The van der Waals surface area contributed by atoms with E-state index in [0.29, 0.717) is 11.1 Å². The highest BCUT2D eigenvalue weighted by Crippen LogP contribution is 2.25. The van der Waals surface area contributed by atoms with Gasteiger partial charge in [-0.3, -0.25) is 10.1 Å². The number of esters is 2. The number of nitro benzene ring substituents is 1. The van der Waals surface area contributed by atoms with Crippen LogP contribution in [-0.4, -0.2) is 24.0 Å². The maximum Gasteiger partial charge on any atom is 0.337 e. The molecule has 0 N–H and O–H groups in total. The smallest absolute Gasteiger partial charge is 0.337 e. The average Bonchev–Trinajstić information content (AvgIpc) is 2.60. The first-order valence-corrected chi connectivity index (χ1v) is 7.30. The third-order valence-corrected chi connectivity index (χ3v) is 3.39. The fourth-order valence-corrected chi connectivity index (χ4v) is 2.05. The van der Waals surface area contributed by atoms with Gasteiger partial charge in [-0.15, -0.1) is 0 Å². The van der Waals surface area contributed by atoms with Gasteiger partial charge < -0.3 is 9.47 Å². The summed E-state index contributed by atoms with van der Waals surface area (Å²) in [6.07, 6.45) is 2.50. The number of methoxy groups -OCH3 is 1. The van der Waals surface area contributed by atoms with Crippen LogP contribution in [0, 0.1) is 10.1 Å². The number of carbonyl (C=O) groups is 2. The van der Waals surface area contributed by atoms with Gasteiger partial charge in [-0.2, -0.15) is 0 Å². The van der Waals surface area contributed by atoms with E-state index in [0.717, 1.165) is 6.08 Å². The third kappa shape index (κ3) is 4.89. The van der Waals surface area contributed by atoms with Crippen LogP contribution in [0.2, 0.25) is 5.02 Å². The molecule has 0 aliphatic heterocycles. The molecule has 0 unspecified atom stereocenters. The highest BCUT2D eigenvalue weighted by Gasteiger charge is 2.12. The number of nitro groups is 1. The van der Waals surface area contributed by atoms with E-state index in [-0.39, 0.29) is 16.5 Å². The molecule has 2 rings (SSSR count). The summed E-state index contributed by atoms with van der Waals surface area (Å²) >= 11 is 5.72. The van der Waals surface area contributed by atoms with Gasteiger partial charge in [0, 0.05) is 12.1 Å². The normalized spacial score (nSPS) is 10.5. The summed E-state index contributed by atoms with van der Waals surface area (Å²) in [6, 6.07) is 9.97. The molecule has 0 aliphatic carbocycles. The zero-order chi connectivity index (χ0) is 18.4. The Morgan fingerprint density at radius 2 is 1.84 bits per heavy atom. The Labute approximate surface area is 147 Å². The van der Waals surface area contributed by atoms with Gasteiger partial charge in [0.2, 0.25) is 0 Å². The fraction of sp³-hybridized carbons (Fsp3) is 0.0588. The molecular weight excluding hydrogens is 350 g/mol. The van der Waals surface area contributed by atoms with Gasteiger partial charge in [0.25, 0.3) is 5.69 Å². The van der Waals surface area contributed by atoms with Crippen LogP contribution in [0.1, 0.15) is 15.9 Å². The molecule has 0 aromatic heterocycles. The van der Waals surface area contributed by atoms with Crippen molar-refractivity contribution in [2.24, 2.45) is 0 Å².